The molecule has 0 aromatic heterocycles. The largest absolute Gasteiger partial charge is 0.495 e. The maximum absolute atomic E-state index is 13.4. The van der Waals surface area contributed by atoms with Gasteiger partial charge in [-0.1, -0.05) is 17.7 Å². The Labute approximate surface area is 156 Å². The second-order valence-corrected chi connectivity index (χ2v) is 7.71. The van der Waals surface area contributed by atoms with Gasteiger partial charge in [-0.15, -0.1) is 0 Å². The summed E-state index contributed by atoms with van der Waals surface area (Å²) in [6.45, 7) is 3.15. The Hall–Kier alpha value is -2.16. The van der Waals surface area contributed by atoms with Gasteiger partial charge in [0.2, 0.25) is 15.9 Å². The Morgan fingerprint density at radius 2 is 1.92 bits per heavy atom. The molecule has 1 amide bonds. The highest BCUT2D eigenvalue weighted by Crippen LogP contribution is 2.25. The Bertz CT molecular complexity index is 934. The molecule has 0 saturated heterocycles. The standard InChI is InChI=1S/C17H18ClFN2O4S/c1-10-4-5-12(18)8-14(10)20-17(22)11(2)21-26(23,24)16-9-13(19)6-7-15(16)25-3/h4-9,11,21H,1-3H3,(H,20,22). The molecular weight excluding hydrogens is 383 g/mol. The topological polar surface area (TPSA) is 84.5 Å². The average molecular weight is 401 g/mol. The van der Waals surface area contributed by atoms with Gasteiger partial charge in [-0.05, 0) is 49.7 Å². The van der Waals surface area contributed by atoms with Gasteiger partial charge in [-0.25, -0.2) is 12.8 Å². The number of benzene rings is 2. The van der Waals surface area contributed by atoms with Gasteiger partial charge in [0.25, 0.3) is 0 Å². The maximum atomic E-state index is 13.4. The van der Waals surface area contributed by atoms with Gasteiger partial charge in [-0.3, -0.25) is 4.79 Å². The molecule has 2 rings (SSSR count). The summed E-state index contributed by atoms with van der Waals surface area (Å²) in [6.07, 6.45) is 0. The number of sulfonamides is 1. The minimum Gasteiger partial charge on any atom is -0.495 e. The summed E-state index contributed by atoms with van der Waals surface area (Å²) in [5.41, 5.74) is 1.24. The minimum atomic E-state index is -4.18. The van der Waals surface area contributed by atoms with E-state index in [-0.39, 0.29) is 5.75 Å². The van der Waals surface area contributed by atoms with Crippen molar-refractivity contribution in [2.75, 3.05) is 12.4 Å². The molecule has 0 aliphatic carbocycles. The number of methoxy groups -OCH3 is 1. The zero-order valence-corrected chi connectivity index (χ0v) is 15.9. The smallest absolute Gasteiger partial charge is 0.245 e. The van der Waals surface area contributed by atoms with Gasteiger partial charge in [0.1, 0.15) is 16.5 Å². The fraction of sp³-hybridized carbons (Fsp3) is 0.235. The van der Waals surface area contributed by atoms with Crippen LogP contribution in [0.25, 0.3) is 0 Å². The molecule has 1 atom stereocenters. The highest BCUT2D eigenvalue weighted by molar-refractivity contribution is 7.89. The molecule has 2 N–H and O–H groups in total. The fourth-order valence-electron chi connectivity index (χ4n) is 2.18. The molecule has 1 unspecified atom stereocenters. The Balaban J connectivity index is 2.20. The van der Waals surface area contributed by atoms with E-state index in [0.717, 1.165) is 17.7 Å². The van der Waals surface area contributed by atoms with Crippen molar-refractivity contribution in [3.05, 3.63) is 52.8 Å². The predicted octanol–water partition coefficient (Wildman–Crippen LogP) is 3.10. The minimum absolute atomic E-state index is 0.0304. The normalized spacial score (nSPS) is 12.5. The van der Waals surface area contributed by atoms with Crippen LogP contribution >= 0.6 is 11.6 Å². The first-order valence-electron chi connectivity index (χ1n) is 7.57. The number of anilines is 1. The molecular formula is C17H18ClFN2O4S. The Morgan fingerprint density at radius 3 is 2.58 bits per heavy atom. The summed E-state index contributed by atoms with van der Waals surface area (Å²) in [5.74, 6) is -1.36. The molecule has 0 bridgehead atoms. The molecule has 9 heteroatoms. The van der Waals surface area contributed by atoms with Crippen molar-refractivity contribution in [2.45, 2.75) is 24.8 Å². The van der Waals surface area contributed by atoms with Crippen molar-refractivity contribution in [1.82, 2.24) is 4.72 Å². The lowest BCUT2D eigenvalue weighted by atomic mass is 10.2. The van der Waals surface area contributed by atoms with Crippen LogP contribution in [-0.2, 0) is 14.8 Å². The van der Waals surface area contributed by atoms with E-state index in [1.807, 2.05) is 0 Å². The molecule has 0 radical (unpaired) electrons. The van der Waals surface area contributed by atoms with Crippen molar-refractivity contribution in [3.63, 3.8) is 0 Å². The van der Waals surface area contributed by atoms with Crippen molar-refractivity contribution in [1.29, 1.82) is 0 Å². The number of aryl methyl sites for hydroxylation is 1. The zero-order valence-electron chi connectivity index (χ0n) is 14.3. The van der Waals surface area contributed by atoms with Crippen molar-refractivity contribution < 1.29 is 22.3 Å². The summed E-state index contributed by atoms with van der Waals surface area (Å²) < 4.78 is 45.6. The van der Waals surface area contributed by atoms with Gasteiger partial charge in [-0.2, -0.15) is 4.72 Å². The van der Waals surface area contributed by atoms with Crippen LogP contribution < -0.4 is 14.8 Å². The van der Waals surface area contributed by atoms with Crippen LogP contribution in [0, 0.1) is 12.7 Å². The van der Waals surface area contributed by atoms with E-state index < -0.39 is 32.7 Å². The third kappa shape index (κ3) is 4.72. The molecule has 0 fully saturated rings. The van der Waals surface area contributed by atoms with Crippen LogP contribution in [0.15, 0.2) is 41.3 Å². The molecule has 2 aromatic carbocycles. The van der Waals surface area contributed by atoms with Gasteiger partial charge in [0.05, 0.1) is 13.2 Å². The Kier molecular flexibility index (Phi) is 6.22. The Morgan fingerprint density at radius 1 is 1.23 bits per heavy atom. The third-order valence-corrected chi connectivity index (χ3v) is 5.39. The molecule has 6 nitrogen and oxygen atoms in total. The number of amides is 1. The van der Waals surface area contributed by atoms with E-state index in [1.54, 1.807) is 25.1 Å². The first-order chi connectivity index (χ1) is 12.1. The molecule has 0 spiro atoms. The number of carbonyl (C=O) groups is 1. The fourth-order valence-corrected chi connectivity index (χ4v) is 3.74. The number of ether oxygens (including phenoxy) is 1. The number of nitrogens with one attached hydrogen (secondary N) is 2. The van der Waals surface area contributed by atoms with Crippen molar-refractivity contribution >= 4 is 33.2 Å². The summed E-state index contributed by atoms with van der Waals surface area (Å²) >= 11 is 5.90. The lowest BCUT2D eigenvalue weighted by Gasteiger charge is -2.17. The quantitative estimate of drug-likeness (QED) is 0.780. The molecule has 0 aliphatic heterocycles. The number of halogens is 2. The summed E-state index contributed by atoms with van der Waals surface area (Å²) in [7, 11) is -2.91. The van der Waals surface area contributed by atoms with Crippen LogP contribution in [0.2, 0.25) is 5.02 Å². The second-order valence-electron chi connectivity index (χ2n) is 5.59. The summed E-state index contributed by atoms with van der Waals surface area (Å²) in [4.78, 5) is 11.9. The molecule has 0 aliphatic rings. The first-order valence-corrected chi connectivity index (χ1v) is 9.43. The van der Waals surface area contributed by atoms with E-state index in [0.29, 0.717) is 10.7 Å². The summed E-state index contributed by atoms with van der Waals surface area (Å²) in [5, 5.41) is 3.04. The van der Waals surface area contributed by atoms with Gasteiger partial charge in [0.15, 0.2) is 0 Å². The van der Waals surface area contributed by atoms with Crippen LogP contribution in [0.3, 0.4) is 0 Å². The monoisotopic (exact) mass is 400 g/mol. The van der Waals surface area contributed by atoms with Gasteiger partial charge < -0.3 is 10.1 Å². The van der Waals surface area contributed by atoms with Crippen LogP contribution in [-0.4, -0.2) is 27.5 Å². The number of hydrogen-bond acceptors (Lipinski definition) is 4. The average Bonchev–Trinajstić information content (AvgIpc) is 2.57. The number of rotatable bonds is 6. The van der Waals surface area contributed by atoms with E-state index in [9.17, 15) is 17.6 Å². The van der Waals surface area contributed by atoms with Gasteiger partial charge >= 0.3 is 0 Å². The van der Waals surface area contributed by atoms with Crippen LogP contribution in [0.1, 0.15) is 12.5 Å². The molecule has 2 aromatic rings. The van der Waals surface area contributed by atoms with E-state index in [1.165, 1.54) is 20.1 Å². The SMILES string of the molecule is COc1ccc(F)cc1S(=O)(=O)NC(C)C(=O)Nc1cc(Cl)ccc1C. The first kappa shape index (κ1) is 20.2. The molecule has 0 saturated carbocycles. The lowest BCUT2D eigenvalue weighted by Crippen LogP contribution is -2.41. The summed E-state index contributed by atoms with van der Waals surface area (Å²) in [6, 6.07) is 6.95. The molecule has 0 heterocycles. The van der Waals surface area contributed by atoms with Crippen LogP contribution in [0.5, 0.6) is 5.75 Å². The van der Waals surface area contributed by atoms with Crippen molar-refractivity contribution in [2.24, 2.45) is 0 Å². The highest BCUT2D eigenvalue weighted by atomic mass is 35.5. The van der Waals surface area contributed by atoms with E-state index in [4.69, 9.17) is 16.3 Å². The highest BCUT2D eigenvalue weighted by Gasteiger charge is 2.26. The number of hydrogen-bond donors (Lipinski definition) is 2. The van der Waals surface area contributed by atoms with Crippen LogP contribution in [0.4, 0.5) is 10.1 Å². The zero-order chi connectivity index (χ0) is 19.5. The molecule has 26 heavy (non-hydrogen) atoms. The lowest BCUT2D eigenvalue weighted by molar-refractivity contribution is -0.117. The number of carbonyl (C=O) groups excluding carboxylic acids is 1. The predicted molar refractivity (Wildman–Crippen MR) is 97.6 cm³/mol. The third-order valence-electron chi connectivity index (χ3n) is 3.60. The second kappa shape index (κ2) is 8.03. The van der Waals surface area contributed by atoms with Crippen molar-refractivity contribution in [3.8, 4) is 5.75 Å². The molecule has 140 valence electrons. The van der Waals surface area contributed by atoms with E-state index in [2.05, 4.69) is 10.0 Å². The van der Waals surface area contributed by atoms with E-state index >= 15 is 0 Å². The maximum Gasteiger partial charge on any atom is 0.245 e. The van der Waals surface area contributed by atoms with Gasteiger partial charge in [0, 0.05) is 10.7 Å².